The third kappa shape index (κ3) is 2.43. The number of benzene rings is 2. The first-order valence-electron chi connectivity index (χ1n) is 6.12. The lowest BCUT2D eigenvalue weighted by molar-refractivity contribution is 0.102. The molecule has 0 saturated heterocycles. The van der Waals surface area contributed by atoms with Crippen LogP contribution in [-0.2, 0) is 0 Å². The lowest BCUT2D eigenvalue weighted by Crippen LogP contribution is -2.11. The Morgan fingerprint density at radius 3 is 2.52 bits per heavy atom. The highest BCUT2D eigenvalue weighted by Gasteiger charge is 2.20. The Kier molecular flexibility index (Phi) is 3.27. The predicted octanol–water partition coefficient (Wildman–Crippen LogP) is 2.78. The summed E-state index contributed by atoms with van der Waals surface area (Å²) in [7, 11) is 0. The number of hydrogen-bond donors (Lipinski definition) is 0. The number of nitrogens with zero attached hydrogens (tertiary/aromatic N) is 3. The van der Waals surface area contributed by atoms with Crippen LogP contribution >= 0.6 is 0 Å². The van der Waals surface area contributed by atoms with Crippen LogP contribution in [0, 0.1) is 11.6 Å². The second-order valence-corrected chi connectivity index (χ2v) is 4.32. The van der Waals surface area contributed by atoms with Crippen molar-refractivity contribution < 1.29 is 13.6 Å². The summed E-state index contributed by atoms with van der Waals surface area (Å²) in [4.78, 5) is 12.4. The average Bonchev–Trinajstić information content (AvgIpc) is 2.97. The van der Waals surface area contributed by atoms with Gasteiger partial charge in [0.1, 0.15) is 17.3 Å². The SMILES string of the molecule is O=C(c1ccc(F)cc1F)c1cnnn1-c1ccccc1. The molecule has 3 aromatic rings. The zero-order valence-corrected chi connectivity index (χ0v) is 10.7. The number of ketones is 1. The van der Waals surface area contributed by atoms with Gasteiger partial charge < -0.3 is 0 Å². The number of rotatable bonds is 3. The maximum absolute atomic E-state index is 13.7. The highest BCUT2D eigenvalue weighted by molar-refractivity contribution is 6.08. The zero-order chi connectivity index (χ0) is 14.8. The number of carbonyl (C=O) groups is 1. The van der Waals surface area contributed by atoms with Gasteiger partial charge in [-0.05, 0) is 24.3 Å². The Hall–Kier alpha value is -2.89. The van der Waals surface area contributed by atoms with E-state index in [-0.39, 0.29) is 11.3 Å². The molecule has 0 fully saturated rings. The normalized spacial score (nSPS) is 10.6. The van der Waals surface area contributed by atoms with Crippen LogP contribution in [0.15, 0.2) is 54.7 Å². The van der Waals surface area contributed by atoms with Crippen molar-refractivity contribution >= 4 is 5.78 Å². The van der Waals surface area contributed by atoms with Crippen LogP contribution in [-0.4, -0.2) is 20.8 Å². The fourth-order valence-corrected chi connectivity index (χ4v) is 1.96. The van der Waals surface area contributed by atoms with Gasteiger partial charge in [-0.25, -0.2) is 13.5 Å². The summed E-state index contributed by atoms with van der Waals surface area (Å²) in [5, 5.41) is 7.52. The standard InChI is InChI=1S/C15H9F2N3O/c16-10-6-7-12(13(17)8-10)15(21)14-9-18-19-20(14)11-4-2-1-3-5-11/h1-9H. The van der Waals surface area contributed by atoms with Crippen molar-refractivity contribution in [2.24, 2.45) is 0 Å². The smallest absolute Gasteiger partial charge is 0.216 e. The number of carbonyl (C=O) groups excluding carboxylic acids is 1. The van der Waals surface area contributed by atoms with E-state index >= 15 is 0 Å². The molecule has 0 aliphatic heterocycles. The Balaban J connectivity index is 2.06. The lowest BCUT2D eigenvalue weighted by atomic mass is 10.1. The molecular weight excluding hydrogens is 276 g/mol. The summed E-state index contributed by atoms with van der Waals surface area (Å²) in [6.45, 7) is 0. The van der Waals surface area contributed by atoms with Gasteiger partial charge in [0.25, 0.3) is 0 Å². The van der Waals surface area contributed by atoms with Gasteiger partial charge in [-0.15, -0.1) is 5.10 Å². The van der Waals surface area contributed by atoms with Crippen molar-refractivity contribution in [3.05, 3.63) is 77.6 Å². The predicted molar refractivity (Wildman–Crippen MR) is 71.1 cm³/mol. The molecule has 0 atom stereocenters. The molecule has 0 unspecified atom stereocenters. The van der Waals surface area contributed by atoms with Crippen LogP contribution in [0.1, 0.15) is 16.1 Å². The van der Waals surface area contributed by atoms with E-state index in [4.69, 9.17) is 0 Å². The Bertz CT molecular complexity index is 800. The van der Waals surface area contributed by atoms with Crippen molar-refractivity contribution in [2.45, 2.75) is 0 Å². The zero-order valence-electron chi connectivity index (χ0n) is 10.7. The van der Waals surface area contributed by atoms with Gasteiger partial charge in [0.2, 0.25) is 5.78 Å². The third-order valence-electron chi connectivity index (χ3n) is 2.96. The molecule has 6 heteroatoms. The van der Waals surface area contributed by atoms with E-state index in [0.717, 1.165) is 12.1 Å². The number of para-hydroxylation sites is 1. The molecule has 21 heavy (non-hydrogen) atoms. The van der Waals surface area contributed by atoms with E-state index in [1.165, 1.54) is 10.9 Å². The maximum atomic E-state index is 13.7. The first-order chi connectivity index (χ1) is 10.2. The quantitative estimate of drug-likeness (QED) is 0.695. The molecule has 0 bridgehead atoms. The van der Waals surface area contributed by atoms with Crippen LogP contribution in [0.3, 0.4) is 0 Å². The van der Waals surface area contributed by atoms with Crippen LogP contribution in [0.4, 0.5) is 8.78 Å². The fraction of sp³-hybridized carbons (Fsp3) is 0. The molecule has 104 valence electrons. The molecular formula is C15H9F2N3O. The maximum Gasteiger partial charge on any atom is 0.216 e. The monoisotopic (exact) mass is 285 g/mol. The molecule has 0 amide bonds. The fourth-order valence-electron chi connectivity index (χ4n) is 1.96. The minimum atomic E-state index is -0.916. The molecule has 0 spiro atoms. The van der Waals surface area contributed by atoms with Crippen molar-refractivity contribution in [2.75, 3.05) is 0 Å². The van der Waals surface area contributed by atoms with Crippen molar-refractivity contribution in [3.8, 4) is 5.69 Å². The van der Waals surface area contributed by atoms with E-state index in [0.29, 0.717) is 11.8 Å². The summed E-state index contributed by atoms with van der Waals surface area (Å²) < 4.78 is 27.9. The summed E-state index contributed by atoms with van der Waals surface area (Å²) in [6, 6.07) is 11.7. The summed E-state index contributed by atoms with van der Waals surface area (Å²) >= 11 is 0. The van der Waals surface area contributed by atoms with Gasteiger partial charge in [0.15, 0.2) is 0 Å². The molecule has 0 aliphatic carbocycles. The number of hydrogen-bond acceptors (Lipinski definition) is 3. The molecule has 1 heterocycles. The molecule has 2 aromatic carbocycles. The molecule has 0 aliphatic rings. The number of aromatic nitrogens is 3. The topological polar surface area (TPSA) is 47.8 Å². The summed E-state index contributed by atoms with van der Waals surface area (Å²) in [6.07, 6.45) is 1.25. The highest BCUT2D eigenvalue weighted by atomic mass is 19.1. The Morgan fingerprint density at radius 2 is 1.81 bits per heavy atom. The van der Waals surface area contributed by atoms with E-state index in [9.17, 15) is 13.6 Å². The van der Waals surface area contributed by atoms with Crippen LogP contribution < -0.4 is 0 Å². The Morgan fingerprint density at radius 1 is 1.05 bits per heavy atom. The van der Waals surface area contributed by atoms with E-state index in [2.05, 4.69) is 10.3 Å². The van der Waals surface area contributed by atoms with Crippen LogP contribution in [0.25, 0.3) is 5.69 Å². The average molecular weight is 285 g/mol. The lowest BCUT2D eigenvalue weighted by Gasteiger charge is -2.06. The summed E-state index contributed by atoms with van der Waals surface area (Å²) in [5.41, 5.74) is 0.503. The second-order valence-electron chi connectivity index (χ2n) is 4.32. The molecule has 4 nitrogen and oxygen atoms in total. The van der Waals surface area contributed by atoms with Gasteiger partial charge in [-0.1, -0.05) is 23.4 Å². The molecule has 1 aromatic heterocycles. The first kappa shape index (κ1) is 13.1. The molecule has 3 rings (SSSR count). The van der Waals surface area contributed by atoms with Gasteiger partial charge in [-0.2, -0.15) is 0 Å². The van der Waals surface area contributed by atoms with Crippen molar-refractivity contribution in [1.29, 1.82) is 0 Å². The first-order valence-corrected chi connectivity index (χ1v) is 6.12. The molecule has 0 saturated carbocycles. The minimum absolute atomic E-state index is 0.103. The van der Waals surface area contributed by atoms with E-state index in [1.54, 1.807) is 24.3 Å². The van der Waals surface area contributed by atoms with Gasteiger partial charge in [0.05, 0.1) is 17.4 Å². The van der Waals surface area contributed by atoms with Crippen molar-refractivity contribution in [3.63, 3.8) is 0 Å². The van der Waals surface area contributed by atoms with Gasteiger partial charge >= 0.3 is 0 Å². The molecule has 0 radical (unpaired) electrons. The van der Waals surface area contributed by atoms with Gasteiger partial charge in [-0.3, -0.25) is 4.79 Å². The van der Waals surface area contributed by atoms with Crippen LogP contribution in [0.2, 0.25) is 0 Å². The van der Waals surface area contributed by atoms with Crippen molar-refractivity contribution in [1.82, 2.24) is 15.0 Å². The Labute approximate surface area is 118 Å². The highest BCUT2D eigenvalue weighted by Crippen LogP contribution is 2.16. The van der Waals surface area contributed by atoms with E-state index in [1.807, 2.05) is 6.07 Å². The summed E-state index contributed by atoms with van der Waals surface area (Å²) in [5.74, 6) is -2.26. The number of halogens is 2. The largest absolute Gasteiger partial charge is 0.287 e. The molecule has 0 N–H and O–H groups in total. The third-order valence-corrected chi connectivity index (χ3v) is 2.96. The van der Waals surface area contributed by atoms with Crippen LogP contribution in [0.5, 0.6) is 0 Å². The second kappa shape index (κ2) is 5.24. The van der Waals surface area contributed by atoms with Gasteiger partial charge in [0, 0.05) is 6.07 Å². The minimum Gasteiger partial charge on any atom is -0.287 e. The van der Waals surface area contributed by atoms with E-state index < -0.39 is 17.4 Å².